The lowest BCUT2D eigenvalue weighted by atomic mass is 9.96. The first-order valence-corrected chi connectivity index (χ1v) is 6.47. The number of ether oxygens (including phenoxy) is 1. The highest BCUT2D eigenvalue weighted by Gasteiger charge is 2.20. The molecule has 104 valence electrons. The van der Waals surface area contributed by atoms with Gasteiger partial charge in [0.1, 0.15) is 11.6 Å². The predicted molar refractivity (Wildman–Crippen MR) is 77.3 cm³/mol. The molecule has 0 spiro atoms. The summed E-state index contributed by atoms with van der Waals surface area (Å²) in [6, 6.07) is 7.66. The Morgan fingerprint density at radius 2 is 1.90 bits per heavy atom. The van der Waals surface area contributed by atoms with Crippen LogP contribution < -0.4 is 4.74 Å². The van der Waals surface area contributed by atoms with E-state index in [0.29, 0.717) is 11.3 Å². The summed E-state index contributed by atoms with van der Waals surface area (Å²) in [6.45, 7) is 3.61. The van der Waals surface area contributed by atoms with Gasteiger partial charge >= 0.3 is 0 Å². The molecule has 0 amide bonds. The molecule has 0 N–H and O–H groups in total. The maximum absolute atomic E-state index is 13.8. The Balaban J connectivity index is 2.57. The Morgan fingerprint density at radius 3 is 2.50 bits per heavy atom. The zero-order valence-electron chi connectivity index (χ0n) is 11.5. The van der Waals surface area contributed by atoms with Crippen LogP contribution in [0.3, 0.4) is 0 Å². The molecule has 0 saturated heterocycles. The van der Waals surface area contributed by atoms with Crippen molar-refractivity contribution in [2.45, 2.75) is 13.8 Å². The highest BCUT2D eigenvalue weighted by molar-refractivity contribution is 6.35. The molecule has 20 heavy (non-hydrogen) atoms. The van der Waals surface area contributed by atoms with E-state index in [9.17, 15) is 9.18 Å². The Labute approximate surface area is 122 Å². The number of rotatable bonds is 3. The fourth-order valence-electron chi connectivity index (χ4n) is 2.10. The number of carbonyl (C=O) groups is 1. The molecular weight excluding hydrogens is 279 g/mol. The Bertz CT molecular complexity index is 660. The van der Waals surface area contributed by atoms with Crippen LogP contribution in [0.2, 0.25) is 5.02 Å². The first-order valence-electron chi connectivity index (χ1n) is 6.09. The van der Waals surface area contributed by atoms with E-state index in [-0.39, 0.29) is 10.6 Å². The van der Waals surface area contributed by atoms with Crippen LogP contribution in [0.4, 0.5) is 4.39 Å². The van der Waals surface area contributed by atoms with E-state index in [2.05, 4.69) is 0 Å². The van der Waals surface area contributed by atoms with Gasteiger partial charge in [0.05, 0.1) is 17.7 Å². The zero-order chi connectivity index (χ0) is 14.9. The maximum atomic E-state index is 13.8. The van der Waals surface area contributed by atoms with Crippen molar-refractivity contribution >= 4 is 17.4 Å². The average Bonchev–Trinajstić information content (AvgIpc) is 2.40. The number of carbonyl (C=O) groups excluding carboxylic acids is 1. The number of halogens is 2. The molecule has 0 aliphatic carbocycles. The van der Waals surface area contributed by atoms with Gasteiger partial charge in [0, 0.05) is 5.56 Å². The van der Waals surface area contributed by atoms with Gasteiger partial charge in [0.25, 0.3) is 0 Å². The molecule has 0 aromatic heterocycles. The highest BCUT2D eigenvalue weighted by atomic mass is 35.5. The molecule has 2 aromatic carbocycles. The average molecular weight is 293 g/mol. The first-order chi connectivity index (χ1) is 9.45. The van der Waals surface area contributed by atoms with E-state index in [4.69, 9.17) is 16.3 Å². The summed E-state index contributed by atoms with van der Waals surface area (Å²) in [5, 5.41) is 0.114. The van der Waals surface area contributed by atoms with Gasteiger partial charge in [0.15, 0.2) is 5.78 Å². The van der Waals surface area contributed by atoms with Crippen LogP contribution in [0.5, 0.6) is 5.75 Å². The standard InChI is InChI=1S/C16H14ClFO2/c1-9-8-14(20-3)10(2)7-11(9)16(19)15-12(17)5-4-6-13(15)18/h4-8H,1-3H3. The van der Waals surface area contributed by atoms with Crippen LogP contribution in [-0.2, 0) is 0 Å². The van der Waals surface area contributed by atoms with Gasteiger partial charge in [-0.3, -0.25) is 4.79 Å². The summed E-state index contributed by atoms with van der Waals surface area (Å²) in [4.78, 5) is 12.5. The van der Waals surface area contributed by atoms with E-state index in [1.807, 2.05) is 6.92 Å². The van der Waals surface area contributed by atoms with Gasteiger partial charge in [-0.15, -0.1) is 0 Å². The maximum Gasteiger partial charge on any atom is 0.197 e. The van der Waals surface area contributed by atoms with E-state index in [1.54, 1.807) is 26.2 Å². The summed E-state index contributed by atoms with van der Waals surface area (Å²) >= 11 is 5.94. The minimum absolute atomic E-state index is 0.0955. The van der Waals surface area contributed by atoms with Gasteiger partial charge in [-0.1, -0.05) is 17.7 Å². The van der Waals surface area contributed by atoms with Crippen LogP contribution in [0, 0.1) is 19.7 Å². The van der Waals surface area contributed by atoms with Crippen molar-refractivity contribution in [1.29, 1.82) is 0 Å². The molecule has 2 rings (SSSR count). The molecule has 2 nitrogen and oxygen atoms in total. The normalized spacial score (nSPS) is 10.4. The quantitative estimate of drug-likeness (QED) is 0.787. The topological polar surface area (TPSA) is 26.3 Å². The lowest BCUT2D eigenvalue weighted by Crippen LogP contribution is -2.08. The number of ketones is 1. The number of aryl methyl sites for hydroxylation is 2. The third kappa shape index (κ3) is 2.54. The fourth-order valence-corrected chi connectivity index (χ4v) is 2.35. The largest absolute Gasteiger partial charge is 0.496 e. The summed E-state index contributed by atoms with van der Waals surface area (Å²) in [5.41, 5.74) is 1.86. The third-order valence-corrected chi connectivity index (χ3v) is 3.49. The molecule has 4 heteroatoms. The van der Waals surface area contributed by atoms with Gasteiger partial charge in [-0.25, -0.2) is 4.39 Å². The highest BCUT2D eigenvalue weighted by Crippen LogP contribution is 2.27. The van der Waals surface area contributed by atoms with Crippen LogP contribution >= 0.6 is 11.6 Å². The van der Waals surface area contributed by atoms with Crippen molar-refractivity contribution < 1.29 is 13.9 Å². The molecular formula is C16H14ClFO2. The monoisotopic (exact) mass is 292 g/mol. The molecule has 0 radical (unpaired) electrons. The van der Waals surface area contributed by atoms with E-state index >= 15 is 0 Å². The molecule has 0 bridgehead atoms. The van der Waals surface area contributed by atoms with Crippen molar-refractivity contribution in [2.24, 2.45) is 0 Å². The minimum Gasteiger partial charge on any atom is -0.496 e. The molecule has 0 aliphatic rings. The molecule has 0 unspecified atom stereocenters. The SMILES string of the molecule is COc1cc(C)c(C(=O)c2c(F)cccc2Cl)cc1C. The van der Waals surface area contributed by atoms with Crippen LogP contribution in [-0.4, -0.2) is 12.9 Å². The second-order valence-corrected chi connectivity index (χ2v) is 4.97. The van der Waals surface area contributed by atoms with E-state index < -0.39 is 11.6 Å². The number of benzene rings is 2. The minimum atomic E-state index is -0.615. The number of hydrogen-bond donors (Lipinski definition) is 0. The fraction of sp³-hybridized carbons (Fsp3) is 0.188. The summed E-state index contributed by atoms with van der Waals surface area (Å²) < 4.78 is 19.0. The second kappa shape index (κ2) is 5.63. The smallest absolute Gasteiger partial charge is 0.197 e. The Morgan fingerprint density at radius 1 is 1.20 bits per heavy atom. The van der Waals surface area contributed by atoms with Crippen molar-refractivity contribution in [3.05, 3.63) is 63.4 Å². The number of hydrogen-bond acceptors (Lipinski definition) is 2. The van der Waals surface area contributed by atoms with Crippen molar-refractivity contribution in [1.82, 2.24) is 0 Å². The molecule has 0 saturated carbocycles. The van der Waals surface area contributed by atoms with Crippen LogP contribution in [0.25, 0.3) is 0 Å². The number of methoxy groups -OCH3 is 1. The lowest BCUT2D eigenvalue weighted by molar-refractivity contribution is 0.103. The predicted octanol–water partition coefficient (Wildman–Crippen LogP) is 4.34. The molecule has 0 aliphatic heterocycles. The molecule has 2 aromatic rings. The van der Waals surface area contributed by atoms with Crippen molar-refractivity contribution in [2.75, 3.05) is 7.11 Å². The second-order valence-electron chi connectivity index (χ2n) is 4.56. The van der Waals surface area contributed by atoms with Crippen molar-refractivity contribution in [3.63, 3.8) is 0 Å². The molecule has 0 fully saturated rings. The van der Waals surface area contributed by atoms with Crippen LogP contribution in [0.1, 0.15) is 27.0 Å². The van der Waals surface area contributed by atoms with Gasteiger partial charge in [0.2, 0.25) is 0 Å². The Hall–Kier alpha value is -1.87. The summed E-state index contributed by atoms with van der Waals surface area (Å²) in [5.74, 6) is -0.342. The van der Waals surface area contributed by atoms with Crippen molar-refractivity contribution in [3.8, 4) is 5.75 Å². The van der Waals surface area contributed by atoms with Gasteiger partial charge < -0.3 is 4.74 Å². The van der Waals surface area contributed by atoms with Gasteiger partial charge in [-0.05, 0) is 49.2 Å². The van der Waals surface area contributed by atoms with E-state index in [1.165, 1.54) is 18.2 Å². The zero-order valence-corrected chi connectivity index (χ0v) is 12.2. The molecule has 0 heterocycles. The Kier molecular flexibility index (Phi) is 4.09. The summed E-state index contributed by atoms with van der Waals surface area (Å²) in [7, 11) is 1.57. The van der Waals surface area contributed by atoms with E-state index in [0.717, 1.165) is 11.1 Å². The first kappa shape index (κ1) is 14.5. The third-order valence-electron chi connectivity index (χ3n) is 3.18. The van der Waals surface area contributed by atoms with Gasteiger partial charge in [-0.2, -0.15) is 0 Å². The van der Waals surface area contributed by atoms with Crippen LogP contribution in [0.15, 0.2) is 30.3 Å². The summed E-state index contributed by atoms with van der Waals surface area (Å²) in [6.07, 6.45) is 0. The lowest BCUT2D eigenvalue weighted by Gasteiger charge is -2.11. The molecule has 0 atom stereocenters.